The number of carbonyl (C=O) groups excluding carboxylic acids is 1. The lowest BCUT2D eigenvalue weighted by Crippen LogP contribution is -2.28. The molecule has 3 aromatic rings. The topological polar surface area (TPSA) is 63.2 Å². The fraction of sp³-hybridized carbons (Fsp3) is 0.158. The highest BCUT2D eigenvalue weighted by Crippen LogP contribution is 2.23. The minimum Gasteiger partial charge on any atom is -0.372 e. The number of benzene rings is 2. The molecule has 5 heteroatoms. The maximum atomic E-state index is 12.1. The van der Waals surface area contributed by atoms with E-state index in [1.54, 1.807) is 6.20 Å². The average molecular weight is 319 g/mol. The van der Waals surface area contributed by atoms with Crippen molar-refractivity contribution in [3.05, 3.63) is 71.4 Å². The Morgan fingerprint density at radius 1 is 1.08 bits per heavy atom. The normalized spacial score (nSPS) is 12.8. The number of anilines is 1. The molecule has 1 aromatic heterocycles. The quantitative estimate of drug-likeness (QED) is 0.775. The van der Waals surface area contributed by atoms with E-state index in [0.717, 1.165) is 27.7 Å². The Labute approximate surface area is 139 Å². The summed E-state index contributed by atoms with van der Waals surface area (Å²) in [4.78, 5) is 16.4. The van der Waals surface area contributed by atoms with Crippen LogP contribution in [0.1, 0.15) is 16.7 Å². The van der Waals surface area contributed by atoms with Crippen LogP contribution < -0.4 is 10.6 Å². The van der Waals surface area contributed by atoms with Gasteiger partial charge in [-0.1, -0.05) is 18.2 Å². The van der Waals surface area contributed by atoms with Crippen LogP contribution in [0.25, 0.3) is 10.9 Å². The number of urea groups is 1. The smallest absolute Gasteiger partial charge is 0.319 e. The van der Waals surface area contributed by atoms with E-state index in [1.165, 1.54) is 5.56 Å². The van der Waals surface area contributed by atoms with Gasteiger partial charge in [0.25, 0.3) is 0 Å². The van der Waals surface area contributed by atoms with Crippen LogP contribution in [0.15, 0.2) is 54.7 Å². The van der Waals surface area contributed by atoms with Crippen molar-refractivity contribution >= 4 is 22.6 Å². The molecule has 0 radical (unpaired) electrons. The third-order valence-corrected chi connectivity index (χ3v) is 4.10. The van der Waals surface area contributed by atoms with E-state index < -0.39 is 0 Å². The highest BCUT2D eigenvalue weighted by atomic mass is 16.5. The first-order valence-corrected chi connectivity index (χ1v) is 7.86. The van der Waals surface area contributed by atoms with Gasteiger partial charge in [-0.3, -0.25) is 4.98 Å². The largest absolute Gasteiger partial charge is 0.372 e. The zero-order valence-corrected chi connectivity index (χ0v) is 13.1. The molecule has 5 nitrogen and oxygen atoms in total. The number of amides is 2. The van der Waals surface area contributed by atoms with Gasteiger partial charge in [0.15, 0.2) is 0 Å². The van der Waals surface area contributed by atoms with Crippen molar-refractivity contribution in [2.45, 2.75) is 19.8 Å². The molecule has 2 heterocycles. The monoisotopic (exact) mass is 319 g/mol. The summed E-state index contributed by atoms with van der Waals surface area (Å²) < 4.78 is 5.38. The number of hydrogen-bond donors (Lipinski definition) is 2. The number of ether oxygens (including phenoxy) is 1. The number of nitrogens with one attached hydrogen (secondary N) is 2. The van der Waals surface area contributed by atoms with Gasteiger partial charge in [0.2, 0.25) is 0 Å². The van der Waals surface area contributed by atoms with Gasteiger partial charge >= 0.3 is 6.03 Å². The van der Waals surface area contributed by atoms with Crippen molar-refractivity contribution in [1.29, 1.82) is 0 Å². The minimum absolute atomic E-state index is 0.222. The van der Waals surface area contributed by atoms with Gasteiger partial charge in [0.1, 0.15) is 0 Å². The number of fused-ring (bicyclic) bond motifs is 2. The number of hydrogen-bond acceptors (Lipinski definition) is 3. The van der Waals surface area contributed by atoms with Gasteiger partial charge in [-0.05, 0) is 47.0 Å². The van der Waals surface area contributed by atoms with Crippen LogP contribution in [0.5, 0.6) is 0 Å². The molecule has 1 aliphatic heterocycles. The van der Waals surface area contributed by atoms with Crippen molar-refractivity contribution in [2.24, 2.45) is 0 Å². The Hall–Kier alpha value is -2.92. The first-order chi connectivity index (χ1) is 11.8. The molecule has 0 spiro atoms. The molecule has 2 aromatic carbocycles. The first-order valence-electron chi connectivity index (χ1n) is 7.86. The van der Waals surface area contributed by atoms with Gasteiger partial charge in [0, 0.05) is 23.8 Å². The molecule has 24 heavy (non-hydrogen) atoms. The molecule has 4 rings (SSSR count). The molecule has 0 aliphatic carbocycles. The number of rotatable bonds is 3. The lowest BCUT2D eigenvalue weighted by Gasteiger charge is -2.09. The predicted molar refractivity (Wildman–Crippen MR) is 92.5 cm³/mol. The molecule has 0 unspecified atom stereocenters. The van der Waals surface area contributed by atoms with E-state index in [0.29, 0.717) is 19.8 Å². The van der Waals surface area contributed by atoms with Crippen LogP contribution in [0.2, 0.25) is 0 Å². The summed E-state index contributed by atoms with van der Waals surface area (Å²) in [7, 11) is 0. The molecule has 2 amide bonds. The standard InChI is InChI=1S/C19H17N3O2/c23-19(22-17-5-4-15-11-24-12-16(15)9-17)21-10-13-3-6-18-14(8-13)2-1-7-20-18/h1-9H,10-12H2,(H2,21,22,23). The van der Waals surface area contributed by atoms with E-state index in [9.17, 15) is 4.79 Å². The van der Waals surface area contributed by atoms with E-state index in [4.69, 9.17) is 4.74 Å². The molecule has 0 bridgehead atoms. The lowest BCUT2D eigenvalue weighted by molar-refractivity contribution is 0.134. The predicted octanol–water partition coefficient (Wildman–Crippen LogP) is 3.59. The molecule has 2 N–H and O–H groups in total. The zero-order valence-electron chi connectivity index (χ0n) is 13.1. The van der Waals surface area contributed by atoms with Crippen LogP contribution in [-0.4, -0.2) is 11.0 Å². The summed E-state index contributed by atoms with van der Waals surface area (Å²) >= 11 is 0. The maximum absolute atomic E-state index is 12.1. The highest BCUT2D eigenvalue weighted by Gasteiger charge is 2.12. The molecule has 120 valence electrons. The molecule has 0 saturated heterocycles. The van der Waals surface area contributed by atoms with Gasteiger partial charge in [-0.25, -0.2) is 4.79 Å². The summed E-state index contributed by atoms with van der Waals surface area (Å²) in [6, 6.07) is 15.5. The minimum atomic E-state index is -0.222. The third-order valence-electron chi connectivity index (χ3n) is 4.10. The zero-order chi connectivity index (χ0) is 16.4. The number of carbonyl (C=O) groups is 1. The number of nitrogens with zero attached hydrogens (tertiary/aromatic N) is 1. The van der Waals surface area contributed by atoms with E-state index >= 15 is 0 Å². The van der Waals surface area contributed by atoms with Crippen LogP contribution in [0.3, 0.4) is 0 Å². The Balaban J connectivity index is 1.39. The second kappa shape index (κ2) is 6.29. The summed E-state index contributed by atoms with van der Waals surface area (Å²) in [6.45, 7) is 1.72. The summed E-state index contributed by atoms with van der Waals surface area (Å²) in [5, 5.41) is 6.80. The second-order valence-corrected chi connectivity index (χ2v) is 5.81. The average Bonchev–Trinajstić information content (AvgIpc) is 3.07. The fourth-order valence-electron chi connectivity index (χ4n) is 2.84. The van der Waals surface area contributed by atoms with E-state index in [1.807, 2.05) is 48.5 Å². The van der Waals surface area contributed by atoms with Crippen molar-refractivity contribution < 1.29 is 9.53 Å². The van der Waals surface area contributed by atoms with E-state index in [2.05, 4.69) is 15.6 Å². The van der Waals surface area contributed by atoms with Crippen LogP contribution in [-0.2, 0) is 24.5 Å². The Morgan fingerprint density at radius 3 is 2.96 bits per heavy atom. The summed E-state index contributed by atoms with van der Waals surface area (Å²) in [6.07, 6.45) is 1.77. The third kappa shape index (κ3) is 3.07. The van der Waals surface area contributed by atoms with Crippen molar-refractivity contribution in [3.63, 3.8) is 0 Å². The first kappa shape index (κ1) is 14.7. The van der Waals surface area contributed by atoms with Gasteiger partial charge in [0.05, 0.1) is 18.7 Å². The van der Waals surface area contributed by atoms with Gasteiger partial charge in [-0.2, -0.15) is 0 Å². The van der Waals surface area contributed by atoms with Crippen molar-refractivity contribution in [3.8, 4) is 0 Å². The Kier molecular flexibility index (Phi) is 3.84. The number of aromatic nitrogens is 1. The summed E-state index contributed by atoms with van der Waals surface area (Å²) in [5.41, 5.74) is 5.08. The Morgan fingerprint density at radius 2 is 2.00 bits per heavy atom. The second-order valence-electron chi connectivity index (χ2n) is 5.81. The van der Waals surface area contributed by atoms with Crippen molar-refractivity contribution in [2.75, 3.05) is 5.32 Å². The Bertz CT molecular complexity index is 908. The van der Waals surface area contributed by atoms with E-state index in [-0.39, 0.29) is 6.03 Å². The summed E-state index contributed by atoms with van der Waals surface area (Å²) in [5.74, 6) is 0. The molecule has 0 saturated carbocycles. The van der Waals surface area contributed by atoms with Gasteiger partial charge in [-0.15, -0.1) is 0 Å². The van der Waals surface area contributed by atoms with Crippen LogP contribution >= 0.6 is 0 Å². The fourth-order valence-corrected chi connectivity index (χ4v) is 2.84. The van der Waals surface area contributed by atoms with Crippen LogP contribution in [0.4, 0.5) is 10.5 Å². The molecule has 0 fully saturated rings. The highest BCUT2D eigenvalue weighted by molar-refractivity contribution is 5.89. The number of pyridine rings is 1. The molecule has 1 aliphatic rings. The maximum Gasteiger partial charge on any atom is 0.319 e. The molecular weight excluding hydrogens is 302 g/mol. The van der Waals surface area contributed by atoms with Crippen LogP contribution in [0, 0.1) is 0 Å². The SMILES string of the molecule is O=C(NCc1ccc2ncccc2c1)Nc1ccc2c(c1)COC2. The lowest BCUT2D eigenvalue weighted by atomic mass is 10.1. The molecule has 0 atom stereocenters. The van der Waals surface area contributed by atoms with Gasteiger partial charge < -0.3 is 15.4 Å². The molecular formula is C19H17N3O2. The van der Waals surface area contributed by atoms with Crippen molar-refractivity contribution in [1.82, 2.24) is 10.3 Å².